The molecule has 0 saturated carbocycles. The zero-order valence-electron chi connectivity index (χ0n) is 24.7. The number of nitrogens with two attached hydrogens (primary N) is 1. The van der Waals surface area contributed by atoms with Crippen LogP contribution < -0.4 is 25.8 Å². The maximum absolute atomic E-state index is 13.8. The number of benzene rings is 3. The van der Waals surface area contributed by atoms with E-state index in [0.717, 1.165) is 63.1 Å². The van der Waals surface area contributed by atoms with Crippen LogP contribution >= 0.6 is 12.4 Å². The van der Waals surface area contributed by atoms with Crippen LogP contribution in [-0.4, -0.2) is 50.1 Å². The molecular weight excluding hydrogens is 609 g/mol. The van der Waals surface area contributed by atoms with Crippen molar-refractivity contribution in [3.8, 4) is 11.5 Å². The Balaban J connectivity index is 0.00000529. The quantitative estimate of drug-likeness (QED) is 0.194. The van der Waals surface area contributed by atoms with Crippen molar-refractivity contribution in [3.63, 3.8) is 0 Å². The van der Waals surface area contributed by atoms with Gasteiger partial charge in [0.05, 0.1) is 11.8 Å². The SMILES string of the molecule is CCCCC1CC(NC(=O)Nc2ccc(F)c(C(N)=O)c2)CCN1Cc1ccc(Oc2ccc(NS(C)(=O)=O)cc2)cc1.Cl. The molecule has 238 valence electrons. The van der Waals surface area contributed by atoms with E-state index < -0.39 is 27.8 Å². The summed E-state index contributed by atoms with van der Waals surface area (Å²) in [5.41, 5.74) is 6.84. The molecule has 3 aromatic rings. The highest BCUT2D eigenvalue weighted by molar-refractivity contribution is 7.92. The van der Waals surface area contributed by atoms with Crippen LogP contribution in [0.1, 0.15) is 54.9 Å². The minimum atomic E-state index is -3.34. The molecule has 3 amide bonds. The second kappa shape index (κ2) is 15.7. The number of likely N-dealkylation sites (tertiary alicyclic amines) is 1. The van der Waals surface area contributed by atoms with Gasteiger partial charge in [-0.05, 0) is 79.4 Å². The van der Waals surface area contributed by atoms with Crippen molar-refractivity contribution in [1.29, 1.82) is 0 Å². The van der Waals surface area contributed by atoms with Crippen molar-refractivity contribution >= 4 is 45.7 Å². The van der Waals surface area contributed by atoms with Crippen LogP contribution in [0, 0.1) is 5.82 Å². The fourth-order valence-electron chi connectivity index (χ4n) is 5.16. The minimum Gasteiger partial charge on any atom is -0.457 e. The van der Waals surface area contributed by atoms with Gasteiger partial charge in [0.25, 0.3) is 5.91 Å². The van der Waals surface area contributed by atoms with E-state index in [1.165, 1.54) is 12.1 Å². The molecule has 0 spiro atoms. The molecule has 1 saturated heterocycles. The van der Waals surface area contributed by atoms with Crippen molar-refractivity contribution in [2.24, 2.45) is 5.73 Å². The highest BCUT2D eigenvalue weighted by atomic mass is 35.5. The summed E-state index contributed by atoms with van der Waals surface area (Å²) in [5, 5.41) is 5.71. The van der Waals surface area contributed by atoms with Gasteiger partial charge in [0.2, 0.25) is 10.0 Å². The predicted molar refractivity (Wildman–Crippen MR) is 172 cm³/mol. The standard InChI is InChI=1S/C31H38FN5O5S.ClH/c1-3-4-5-25-18-24(35-31(39)34-23-10-15-29(32)28(19-23)30(33)38)16-17-37(25)20-21-6-11-26(12-7-21)42-27-13-8-22(9-14-27)36-43(2,40)41;/h6-15,19,24-25,36H,3-5,16-18,20H2,1-2H3,(H2,33,38)(H2,34,35,39);1H. The van der Waals surface area contributed by atoms with Crippen LogP contribution in [0.3, 0.4) is 0 Å². The lowest BCUT2D eigenvalue weighted by Gasteiger charge is -2.40. The van der Waals surface area contributed by atoms with E-state index in [9.17, 15) is 22.4 Å². The number of nitrogens with one attached hydrogen (secondary N) is 3. The highest BCUT2D eigenvalue weighted by Gasteiger charge is 2.29. The Morgan fingerprint density at radius 1 is 1.02 bits per heavy atom. The number of ether oxygens (including phenoxy) is 1. The molecule has 0 aromatic heterocycles. The maximum atomic E-state index is 13.8. The second-order valence-electron chi connectivity index (χ2n) is 10.8. The normalized spacial score (nSPS) is 16.8. The first-order valence-electron chi connectivity index (χ1n) is 14.2. The summed E-state index contributed by atoms with van der Waals surface area (Å²) in [5.74, 6) is -0.361. The number of rotatable bonds is 12. The lowest BCUT2D eigenvalue weighted by atomic mass is 9.93. The van der Waals surface area contributed by atoms with Gasteiger partial charge < -0.3 is 21.1 Å². The number of primary amides is 1. The van der Waals surface area contributed by atoms with Crippen LogP contribution in [-0.2, 0) is 16.6 Å². The van der Waals surface area contributed by atoms with Crippen LogP contribution in [0.2, 0.25) is 0 Å². The third-order valence-corrected chi connectivity index (χ3v) is 7.86. The van der Waals surface area contributed by atoms with E-state index in [4.69, 9.17) is 10.5 Å². The number of unbranched alkanes of at least 4 members (excludes halogenated alkanes) is 1. The fourth-order valence-corrected chi connectivity index (χ4v) is 5.73. The fraction of sp³-hybridized carbons (Fsp3) is 0.355. The molecule has 2 unspecified atom stereocenters. The van der Waals surface area contributed by atoms with Gasteiger partial charge in [0.15, 0.2) is 0 Å². The van der Waals surface area contributed by atoms with Crippen LogP contribution in [0.5, 0.6) is 11.5 Å². The second-order valence-corrected chi connectivity index (χ2v) is 12.5. The third kappa shape index (κ3) is 10.4. The molecule has 0 aliphatic carbocycles. The molecule has 0 bridgehead atoms. The van der Waals surface area contributed by atoms with E-state index in [-0.39, 0.29) is 24.0 Å². The van der Waals surface area contributed by atoms with Crippen LogP contribution in [0.4, 0.5) is 20.6 Å². The Morgan fingerprint density at radius 3 is 2.27 bits per heavy atom. The monoisotopic (exact) mass is 647 g/mol. The van der Waals surface area contributed by atoms with E-state index in [1.807, 2.05) is 24.3 Å². The number of amides is 3. The summed E-state index contributed by atoms with van der Waals surface area (Å²) in [6.07, 6.45) is 5.85. The predicted octanol–water partition coefficient (Wildman–Crippen LogP) is 5.86. The molecule has 13 heteroatoms. The van der Waals surface area contributed by atoms with Gasteiger partial charge in [-0.3, -0.25) is 14.4 Å². The van der Waals surface area contributed by atoms with Gasteiger partial charge in [-0.2, -0.15) is 0 Å². The summed E-state index contributed by atoms with van der Waals surface area (Å²) in [6.45, 7) is 3.74. The molecule has 4 rings (SSSR count). The molecule has 1 aliphatic rings. The first-order chi connectivity index (χ1) is 20.5. The molecule has 44 heavy (non-hydrogen) atoms. The Bertz CT molecular complexity index is 1520. The molecule has 1 aliphatic heterocycles. The molecule has 10 nitrogen and oxygen atoms in total. The van der Waals surface area contributed by atoms with Crippen molar-refractivity contribution in [2.45, 2.75) is 57.7 Å². The Labute approximate surface area is 264 Å². The van der Waals surface area contributed by atoms with E-state index in [2.05, 4.69) is 27.2 Å². The molecular formula is C31H39ClFN5O5S. The number of carbonyl (C=O) groups is 2. The number of sulfonamides is 1. The average molecular weight is 648 g/mol. The van der Waals surface area contributed by atoms with Gasteiger partial charge in [-0.15, -0.1) is 12.4 Å². The number of halogens is 2. The highest BCUT2D eigenvalue weighted by Crippen LogP contribution is 2.27. The van der Waals surface area contributed by atoms with Gasteiger partial charge >= 0.3 is 6.03 Å². The number of piperidine rings is 1. The van der Waals surface area contributed by atoms with Gasteiger partial charge in [0, 0.05) is 36.5 Å². The number of anilines is 2. The zero-order valence-corrected chi connectivity index (χ0v) is 26.3. The Hall–Kier alpha value is -3.87. The first kappa shape index (κ1) is 34.6. The first-order valence-corrected chi connectivity index (χ1v) is 16.1. The Morgan fingerprint density at radius 2 is 1.66 bits per heavy atom. The van der Waals surface area contributed by atoms with Crippen molar-refractivity contribution in [1.82, 2.24) is 10.2 Å². The number of urea groups is 1. The molecule has 0 radical (unpaired) electrons. The van der Waals surface area contributed by atoms with Gasteiger partial charge in [-0.1, -0.05) is 31.9 Å². The summed E-state index contributed by atoms with van der Waals surface area (Å²) < 4.78 is 44.9. The zero-order chi connectivity index (χ0) is 31.0. The molecule has 5 N–H and O–H groups in total. The third-order valence-electron chi connectivity index (χ3n) is 7.26. The topological polar surface area (TPSA) is 143 Å². The van der Waals surface area contributed by atoms with Gasteiger partial charge in [0.1, 0.15) is 17.3 Å². The van der Waals surface area contributed by atoms with Crippen molar-refractivity contribution in [3.05, 3.63) is 83.7 Å². The Kier molecular flexibility index (Phi) is 12.4. The summed E-state index contributed by atoms with van der Waals surface area (Å²) in [6, 6.07) is 18.2. The lowest BCUT2D eigenvalue weighted by molar-refractivity contribution is 0.0996. The lowest BCUT2D eigenvalue weighted by Crippen LogP contribution is -2.50. The van der Waals surface area contributed by atoms with Gasteiger partial charge in [-0.25, -0.2) is 17.6 Å². The van der Waals surface area contributed by atoms with E-state index >= 15 is 0 Å². The van der Waals surface area contributed by atoms with E-state index in [0.29, 0.717) is 28.9 Å². The molecule has 1 heterocycles. The summed E-state index contributed by atoms with van der Waals surface area (Å²) in [4.78, 5) is 26.6. The molecule has 2 atom stereocenters. The largest absolute Gasteiger partial charge is 0.457 e. The van der Waals surface area contributed by atoms with Crippen LogP contribution in [0.25, 0.3) is 0 Å². The smallest absolute Gasteiger partial charge is 0.319 e. The number of hydrogen-bond acceptors (Lipinski definition) is 6. The van der Waals surface area contributed by atoms with Crippen molar-refractivity contribution < 1.29 is 27.1 Å². The number of nitrogens with zero attached hydrogens (tertiary/aromatic N) is 1. The minimum absolute atomic E-state index is 0. The van der Waals surface area contributed by atoms with E-state index in [1.54, 1.807) is 24.3 Å². The summed E-state index contributed by atoms with van der Waals surface area (Å²) >= 11 is 0. The molecule has 1 fully saturated rings. The maximum Gasteiger partial charge on any atom is 0.319 e. The van der Waals surface area contributed by atoms with Crippen LogP contribution in [0.15, 0.2) is 66.7 Å². The van der Waals surface area contributed by atoms with Crippen molar-refractivity contribution in [2.75, 3.05) is 22.8 Å². The number of hydrogen-bond donors (Lipinski definition) is 4. The average Bonchev–Trinajstić information content (AvgIpc) is 2.95. The summed E-state index contributed by atoms with van der Waals surface area (Å²) in [7, 11) is -3.34. The molecule has 3 aromatic carbocycles. The number of carbonyl (C=O) groups excluding carboxylic acids is 2.